The van der Waals surface area contributed by atoms with Gasteiger partial charge in [0.15, 0.2) is 6.10 Å². The Balaban J connectivity index is 4.29. The van der Waals surface area contributed by atoms with Crippen LogP contribution in [-0.4, -0.2) is 37.2 Å². The smallest absolute Gasteiger partial charge is 0.306 e. The molecule has 0 aliphatic rings. The second kappa shape index (κ2) is 47.9. The van der Waals surface area contributed by atoms with Crippen molar-refractivity contribution >= 4 is 17.9 Å². The van der Waals surface area contributed by atoms with Crippen molar-refractivity contribution in [2.45, 2.75) is 310 Å². The van der Waals surface area contributed by atoms with E-state index in [2.05, 4.69) is 34.6 Å². The van der Waals surface area contributed by atoms with E-state index in [0.29, 0.717) is 19.3 Å². The Morgan fingerprint density at radius 3 is 0.803 bits per heavy atom. The Bertz CT molecular complexity index is 931. The van der Waals surface area contributed by atoms with Gasteiger partial charge in [-0.15, -0.1) is 0 Å². The quantitative estimate of drug-likeness (QED) is 0.0344. The predicted molar refractivity (Wildman–Crippen MR) is 261 cm³/mol. The lowest BCUT2D eigenvalue weighted by atomic mass is 10.0. The molecule has 0 fully saturated rings. The molecule has 362 valence electrons. The zero-order chi connectivity index (χ0) is 44.7. The van der Waals surface area contributed by atoms with Gasteiger partial charge in [0.05, 0.1) is 0 Å². The minimum atomic E-state index is -0.762. The van der Waals surface area contributed by atoms with Crippen molar-refractivity contribution in [3.05, 3.63) is 0 Å². The molecule has 0 saturated heterocycles. The van der Waals surface area contributed by atoms with Gasteiger partial charge in [0.2, 0.25) is 0 Å². The van der Waals surface area contributed by atoms with Gasteiger partial charge >= 0.3 is 17.9 Å². The summed E-state index contributed by atoms with van der Waals surface area (Å²) in [6.45, 7) is 11.4. The van der Waals surface area contributed by atoms with E-state index in [1.54, 1.807) is 0 Å². The normalized spacial score (nSPS) is 12.0. The first-order valence-corrected chi connectivity index (χ1v) is 27.2. The van der Waals surface area contributed by atoms with Crippen LogP contribution >= 0.6 is 0 Å². The summed E-state index contributed by atoms with van der Waals surface area (Å²) in [5.41, 5.74) is 0. The Hall–Kier alpha value is -1.59. The number of carbonyl (C=O) groups is 3. The third-order valence-electron chi connectivity index (χ3n) is 12.5. The van der Waals surface area contributed by atoms with Crippen molar-refractivity contribution in [2.24, 2.45) is 11.8 Å². The van der Waals surface area contributed by atoms with Gasteiger partial charge in [-0.3, -0.25) is 14.4 Å². The highest BCUT2D eigenvalue weighted by Gasteiger charge is 2.19. The van der Waals surface area contributed by atoms with Crippen LogP contribution in [0.5, 0.6) is 0 Å². The Morgan fingerprint density at radius 2 is 0.541 bits per heavy atom. The largest absolute Gasteiger partial charge is 0.462 e. The molecule has 0 saturated carbocycles. The number of carbonyl (C=O) groups excluding carboxylic acids is 3. The molecular formula is C55H106O6. The van der Waals surface area contributed by atoms with E-state index in [1.165, 1.54) is 193 Å². The molecule has 0 aliphatic heterocycles. The fourth-order valence-electron chi connectivity index (χ4n) is 8.34. The fourth-order valence-corrected chi connectivity index (χ4v) is 8.34. The van der Waals surface area contributed by atoms with E-state index < -0.39 is 6.10 Å². The van der Waals surface area contributed by atoms with E-state index in [-0.39, 0.29) is 31.1 Å². The van der Waals surface area contributed by atoms with E-state index in [0.717, 1.165) is 69.6 Å². The number of hydrogen-bond acceptors (Lipinski definition) is 6. The van der Waals surface area contributed by atoms with E-state index >= 15 is 0 Å². The highest BCUT2D eigenvalue weighted by Crippen LogP contribution is 2.18. The summed E-state index contributed by atoms with van der Waals surface area (Å²) >= 11 is 0. The van der Waals surface area contributed by atoms with Gasteiger partial charge in [-0.1, -0.05) is 266 Å². The lowest BCUT2D eigenvalue weighted by Crippen LogP contribution is -2.30. The second-order valence-corrected chi connectivity index (χ2v) is 19.8. The van der Waals surface area contributed by atoms with E-state index in [9.17, 15) is 14.4 Å². The molecule has 0 N–H and O–H groups in total. The average molecular weight is 863 g/mol. The topological polar surface area (TPSA) is 78.9 Å². The van der Waals surface area contributed by atoms with Gasteiger partial charge in [0.25, 0.3) is 0 Å². The number of unbranched alkanes of at least 4 members (excludes halogenated alkanes) is 34. The molecule has 0 unspecified atom stereocenters. The van der Waals surface area contributed by atoms with Gasteiger partial charge in [-0.05, 0) is 31.1 Å². The molecule has 6 nitrogen and oxygen atoms in total. The molecule has 6 heteroatoms. The predicted octanol–water partition coefficient (Wildman–Crippen LogP) is 17.7. The summed E-state index contributed by atoms with van der Waals surface area (Å²) in [5, 5.41) is 0. The number of ether oxygens (including phenoxy) is 3. The third-order valence-corrected chi connectivity index (χ3v) is 12.5. The molecule has 0 aromatic heterocycles. The van der Waals surface area contributed by atoms with Crippen molar-refractivity contribution in [3.8, 4) is 0 Å². The summed E-state index contributed by atoms with van der Waals surface area (Å²) in [5.74, 6) is 0.822. The van der Waals surface area contributed by atoms with E-state index in [4.69, 9.17) is 14.2 Å². The Kier molecular flexibility index (Phi) is 46.6. The second-order valence-electron chi connectivity index (χ2n) is 19.8. The average Bonchev–Trinajstić information content (AvgIpc) is 3.23. The molecule has 0 heterocycles. The first kappa shape index (κ1) is 59.4. The van der Waals surface area contributed by atoms with Crippen LogP contribution in [0.15, 0.2) is 0 Å². The lowest BCUT2D eigenvalue weighted by Gasteiger charge is -2.18. The molecule has 61 heavy (non-hydrogen) atoms. The SMILES string of the molecule is CCCCCCCCCCCCCCC(=O)OC[C@@H](COC(=O)CCCCCCCCCCCCC(C)C)OC(=O)CCCCCCCCCCCCCCCCCC(C)C. The molecule has 0 aromatic carbocycles. The summed E-state index contributed by atoms with van der Waals surface area (Å²) in [7, 11) is 0. The van der Waals surface area contributed by atoms with Crippen molar-refractivity contribution < 1.29 is 28.6 Å². The van der Waals surface area contributed by atoms with Crippen LogP contribution < -0.4 is 0 Å². The first-order valence-electron chi connectivity index (χ1n) is 27.2. The molecule has 1 atom stereocenters. The summed E-state index contributed by atoms with van der Waals surface area (Å²) in [4.78, 5) is 38.0. The molecule has 0 radical (unpaired) electrons. The van der Waals surface area contributed by atoms with Crippen molar-refractivity contribution in [3.63, 3.8) is 0 Å². The molecule has 0 rings (SSSR count). The number of hydrogen-bond donors (Lipinski definition) is 0. The van der Waals surface area contributed by atoms with Crippen LogP contribution in [-0.2, 0) is 28.6 Å². The van der Waals surface area contributed by atoms with Crippen LogP contribution in [0.3, 0.4) is 0 Å². The molecule has 0 spiro atoms. The molecular weight excluding hydrogens is 757 g/mol. The molecule has 0 bridgehead atoms. The van der Waals surface area contributed by atoms with E-state index in [1.807, 2.05) is 0 Å². The van der Waals surface area contributed by atoms with Gasteiger partial charge in [0.1, 0.15) is 13.2 Å². The monoisotopic (exact) mass is 863 g/mol. The summed E-state index contributed by atoms with van der Waals surface area (Å²) in [6.07, 6.45) is 49.5. The fraction of sp³-hybridized carbons (Fsp3) is 0.945. The van der Waals surface area contributed by atoms with Gasteiger partial charge in [-0.25, -0.2) is 0 Å². The minimum Gasteiger partial charge on any atom is -0.462 e. The van der Waals surface area contributed by atoms with Crippen molar-refractivity contribution in [2.75, 3.05) is 13.2 Å². The maximum Gasteiger partial charge on any atom is 0.306 e. The van der Waals surface area contributed by atoms with Crippen LogP contribution in [0.4, 0.5) is 0 Å². The first-order chi connectivity index (χ1) is 29.7. The molecule has 0 amide bonds. The minimum absolute atomic E-state index is 0.0632. The number of esters is 3. The maximum absolute atomic E-state index is 12.8. The van der Waals surface area contributed by atoms with Crippen LogP contribution in [0.25, 0.3) is 0 Å². The van der Waals surface area contributed by atoms with Gasteiger partial charge in [-0.2, -0.15) is 0 Å². The zero-order valence-corrected chi connectivity index (χ0v) is 41.8. The standard InChI is InChI=1S/C55H106O6/c1-6-7-8-9-10-11-12-19-25-30-35-40-45-53(56)59-48-52(49-60-54(57)46-41-36-31-26-22-21-24-29-34-39-44-51(4)5)61-55(58)47-42-37-32-27-20-17-15-13-14-16-18-23-28-33-38-43-50(2)3/h50-52H,6-49H2,1-5H3/t52-/m0/s1. The number of rotatable bonds is 49. The summed E-state index contributed by atoms with van der Waals surface area (Å²) < 4.78 is 16.8. The Labute approximate surface area is 380 Å². The zero-order valence-electron chi connectivity index (χ0n) is 41.8. The van der Waals surface area contributed by atoms with Crippen LogP contribution in [0.1, 0.15) is 304 Å². The van der Waals surface area contributed by atoms with Crippen molar-refractivity contribution in [1.82, 2.24) is 0 Å². The van der Waals surface area contributed by atoms with Crippen LogP contribution in [0, 0.1) is 11.8 Å². The maximum atomic E-state index is 12.8. The summed E-state index contributed by atoms with van der Waals surface area (Å²) in [6, 6.07) is 0. The molecule has 0 aliphatic carbocycles. The van der Waals surface area contributed by atoms with Gasteiger partial charge < -0.3 is 14.2 Å². The third kappa shape index (κ3) is 49.3. The van der Waals surface area contributed by atoms with Crippen molar-refractivity contribution in [1.29, 1.82) is 0 Å². The lowest BCUT2D eigenvalue weighted by molar-refractivity contribution is -0.167. The molecule has 0 aromatic rings. The Morgan fingerprint density at radius 1 is 0.311 bits per heavy atom. The highest BCUT2D eigenvalue weighted by molar-refractivity contribution is 5.71. The highest BCUT2D eigenvalue weighted by atomic mass is 16.6. The van der Waals surface area contributed by atoms with Gasteiger partial charge in [0, 0.05) is 19.3 Å². The van der Waals surface area contributed by atoms with Crippen LogP contribution in [0.2, 0.25) is 0 Å².